The first-order chi connectivity index (χ1) is 6.61. The summed E-state index contributed by atoms with van der Waals surface area (Å²) < 4.78 is 0. The molecule has 0 bridgehead atoms. The van der Waals surface area contributed by atoms with E-state index in [1.165, 1.54) is 0 Å². The molecule has 3 nitrogen and oxygen atoms in total. The van der Waals surface area contributed by atoms with Crippen molar-refractivity contribution in [2.75, 3.05) is 0 Å². The van der Waals surface area contributed by atoms with Gasteiger partial charge >= 0.3 is 0 Å². The molecule has 78 valence electrons. The number of aliphatic hydroxyl groups excluding tert-OH is 2. The molecular weight excluding hydrogens is 178 g/mol. The molecule has 3 unspecified atom stereocenters. The third kappa shape index (κ3) is 3.09. The lowest BCUT2D eigenvalue weighted by Crippen LogP contribution is -2.24. The van der Waals surface area contributed by atoms with E-state index in [-0.39, 0.29) is 5.92 Å². The van der Waals surface area contributed by atoms with Crippen LogP contribution < -0.4 is 0 Å². The van der Waals surface area contributed by atoms with Crippen molar-refractivity contribution >= 4 is 0 Å². The molecule has 0 aromatic carbocycles. The Balaban J connectivity index is 2.55. The van der Waals surface area contributed by atoms with Gasteiger partial charge in [-0.2, -0.15) is 0 Å². The number of aromatic nitrogens is 1. The summed E-state index contributed by atoms with van der Waals surface area (Å²) in [6.45, 7) is 3.63. The number of nitrogens with zero attached hydrogens (tertiary/aromatic N) is 1. The van der Waals surface area contributed by atoms with Gasteiger partial charge in [-0.25, -0.2) is 0 Å². The SMILES string of the molecule is CC(CC(O)C(C)O)c1ccncc1. The van der Waals surface area contributed by atoms with E-state index in [0.29, 0.717) is 6.42 Å². The summed E-state index contributed by atoms with van der Waals surface area (Å²) in [6.07, 6.45) is 2.72. The zero-order valence-electron chi connectivity index (χ0n) is 8.59. The van der Waals surface area contributed by atoms with E-state index in [1.807, 2.05) is 19.1 Å². The number of hydrogen-bond acceptors (Lipinski definition) is 3. The Labute approximate surface area is 84.4 Å². The van der Waals surface area contributed by atoms with Crippen molar-refractivity contribution in [3.05, 3.63) is 30.1 Å². The van der Waals surface area contributed by atoms with E-state index in [1.54, 1.807) is 19.3 Å². The van der Waals surface area contributed by atoms with Crippen LogP contribution in [0.25, 0.3) is 0 Å². The fourth-order valence-corrected chi connectivity index (χ4v) is 1.39. The van der Waals surface area contributed by atoms with Gasteiger partial charge in [-0.3, -0.25) is 4.98 Å². The summed E-state index contributed by atoms with van der Waals surface area (Å²) in [5.41, 5.74) is 1.14. The van der Waals surface area contributed by atoms with Gasteiger partial charge in [0.1, 0.15) is 0 Å². The summed E-state index contributed by atoms with van der Waals surface area (Å²) in [5.74, 6) is 0.239. The van der Waals surface area contributed by atoms with Gasteiger partial charge in [-0.05, 0) is 37.0 Å². The average Bonchev–Trinajstić information content (AvgIpc) is 2.19. The maximum atomic E-state index is 9.49. The van der Waals surface area contributed by atoms with E-state index in [2.05, 4.69) is 4.98 Å². The number of pyridine rings is 1. The number of rotatable bonds is 4. The zero-order valence-corrected chi connectivity index (χ0v) is 8.59. The number of hydrogen-bond donors (Lipinski definition) is 2. The van der Waals surface area contributed by atoms with Gasteiger partial charge < -0.3 is 10.2 Å². The second-order valence-electron chi connectivity index (χ2n) is 3.73. The number of aliphatic hydroxyl groups is 2. The van der Waals surface area contributed by atoms with Crippen LogP contribution in [0.3, 0.4) is 0 Å². The topological polar surface area (TPSA) is 53.4 Å². The Kier molecular flexibility index (Phi) is 4.04. The summed E-state index contributed by atoms with van der Waals surface area (Å²) in [4.78, 5) is 3.93. The van der Waals surface area contributed by atoms with Gasteiger partial charge in [-0.1, -0.05) is 6.92 Å². The molecule has 0 amide bonds. The highest BCUT2D eigenvalue weighted by Crippen LogP contribution is 2.20. The zero-order chi connectivity index (χ0) is 10.6. The molecule has 0 radical (unpaired) electrons. The summed E-state index contributed by atoms with van der Waals surface area (Å²) in [6, 6.07) is 3.86. The maximum absolute atomic E-state index is 9.49. The van der Waals surface area contributed by atoms with Crippen molar-refractivity contribution in [1.29, 1.82) is 0 Å². The molecule has 14 heavy (non-hydrogen) atoms. The molecule has 1 rings (SSSR count). The van der Waals surface area contributed by atoms with Gasteiger partial charge in [0.15, 0.2) is 0 Å². The maximum Gasteiger partial charge on any atom is 0.0802 e. The first-order valence-electron chi connectivity index (χ1n) is 4.87. The van der Waals surface area contributed by atoms with E-state index >= 15 is 0 Å². The third-order valence-corrected chi connectivity index (χ3v) is 2.43. The third-order valence-electron chi connectivity index (χ3n) is 2.43. The molecule has 0 fully saturated rings. The smallest absolute Gasteiger partial charge is 0.0802 e. The van der Waals surface area contributed by atoms with Crippen LogP contribution in [-0.2, 0) is 0 Å². The minimum absolute atomic E-state index is 0.239. The largest absolute Gasteiger partial charge is 0.391 e. The summed E-state index contributed by atoms with van der Waals surface area (Å²) in [7, 11) is 0. The minimum atomic E-state index is -0.667. The van der Waals surface area contributed by atoms with E-state index < -0.39 is 12.2 Å². The lowest BCUT2D eigenvalue weighted by atomic mass is 9.94. The quantitative estimate of drug-likeness (QED) is 0.761. The molecule has 1 aromatic heterocycles. The van der Waals surface area contributed by atoms with Crippen molar-refractivity contribution in [2.24, 2.45) is 0 Å². The van der Waals surface area contributed by atoms with Gasteiger partial charge in [0.05, 0.1) is 12.2 Å². The van der Waals surface area contributed by atoms with Gasteiger partial charge in [0, 0.05) is 12.4 Å². The average molecular weight is 195 g/mol. The van der Waals surface area contributed by atoms with Gasteiger partial charge in [0.25, 0.3) is 0 Å². The first kappa shape index (κ1) is 11.1. The lowest BCUT2D eigenvalue weighted by molar-refractivity contribution is 0.0227. The molecule has 0 spiro atoms. The highest BCUT2D eigenvalue weighted by atomic mass is 16.3. The second-order valence-corrected chi connectivity index (χ2v) is 3.73. The minimum Gasteiger partial charge on any atom is -0.391 e. The Morgan fingerprint density at radius 1 is 1.21 bits per heavy atom. The van der Waals surface area contributed by atoms with E-state index in [0.717, 1.165) is 5.56 Å². The Morgan fingerprint density at radius 3 is 2.29 bits per heavy atom. The predicted octanol–water partition coefficient (Wildman–Crippen LogP) is 1.32. The highest BCUT2D eigenvalue weighted by molar-refractivity contribution is 5.14. The van der Waals surface area contributed by atoms with Gasteiger partial charge in [-0.15, -0.1) is 0 Å². The van der Waals surface area contributed by atoms with Crippen LogP contribution in [0.2, 0.25) is 0 Å². The molecule has 3 atom stereocenters. The molecule has 1 heterocycles. The molecule has 1 aromatic rings. The molecule has 2 N–H and O–H groups in total. The van der Waals surface area contributed by atoms with Crippen LogP contribution in [0.4, 0.5) is 0 Å². The Bertz CT molecular complexity index is 261. The van der Waals surface area contributed by atoms with Crippen molar-refractivity contribution in [1.82, 2.24) is 4.98 Å². The normalized spacial score (nSPS) is 17.4. The second kappa shape index (κ2) is 5.08. The van der Waals surface area contributed by atoms with Gasteiger partial charge in [0.2, 0.25) is 0 Å². The summed E-state index contributed by atoms with van der Waals surface area (Å²) in [5, 5.41) is 18.6. The lowest BCUT2D eigenvalue weighted by Gasteiger charge is -2.18. The van der Waals surface area contributed by atoms with Crippen molar-refractivity contribution in [3.8, 4) is 0 Å². The van der Waals surface area contributed by atoms with Crippen LogP contribution in [-0.4, -0.2) is 27.4 Å². The molecule has 0 aliphatic carbocycles. The molecule has 0 aliphatic rings. The van der Waals surface area contributed by atoms with E-state index in [4.69, 9.17) is 5.11 Å². The first-order valence-corrected chi connectivity index (χ1v) is 4.87. The van der Waals surface area contributed by atoms with Crippen LogP contribution in [0, 0.1) is 0 Å². The van der Waals surface area contributed by atoms with Crippen molar-refractivity contribution in [2.45, 2.75) is 38.4 Å². The van der Waals surface area contributed by atoms with Crippen molar-refractivity contribution in [3.63, 3.8) is 0 Å². The molecule has 0 aliphatic heterocycles. The van der Waals surface area contributed by atoms with Crippen molar-refractivity contribution < 1.29 is 10.2 Å². The Hall–Kier alpha value is -0.930. The fraction of sp³-hybridized carbons (Fsp3) is 0.545. The highest BCUT2D eigenvalue weighted by Gasteiger charge is 2.15. The fourth-order valence-electron chi connectivity index (χ4n) is 1.39. The Morgan fingerprint density at radius 2 is 1.79 bits per heavy atom. The summed E-state index contributed by atoms with van der Waals surface area (Å²) >= 11 is 0. The van der Waals surface area contributed by atoms with Crippen LogP contribution >= 0.6 is 0 Å². The van der Waals surface area contributed by atoms with Crippen LogP contribution in [0.15, 0.2) is 24.5 Å². The molecule has 3 heteroatoms. The standard InChI is InChI=1S/C11H17NO2/c1-8(7-11(14)9(2)13)10-3-5-12-6-4-10/h3-6,8-9,11,13-14H,7H2,1-2H3. The molecular formula is C11H17NO2. The molecule has 0 saturated heterocycles. The van der Waals surface area contributed by atoms with Crippen LogP contribution in [0.5, 0.6) is 0 Å². The van der Waals surface area contributed by atoms with E-state index in [9.17, 15) is 5.11 Å². The monoisotopic (exact) mass is 195 g/mol. The predicted molar refractivity (Wildman–Crippen MR) is 55.0 cm³/mol. The van der Waals surface area contributed by atoms with Crippen LogP contribution in [0.1, 0.15) is 31.7 Å². The molecule has 0 saturated carbocycles.